The molecule has 0 saturated heterocycles. The smallest absolute Gasteiger partial charge is 0.180 e. The quantitative estimate of drug-likeness (QED) is 0.868. The molecule has 0 bridgehead atoms. The second-order valence-corrected chi connectivity index (χ2v) is 4.71. The molecule has 0 fully saturated rings. The maximum absolute atomic E-state index is 5.75. The molecule has 0 spiro atoms. The molecule has 90 valence electrons. The molecule has 1 aromatic carbocycles. The number of hydrogen-bond acceptors (Lipinski definition) is 5. The first-order chi connectivity index (χ1) is 8.24. The van der Waals surface area contributed by atoms with E-state index in [1.165, 1.54) is 11.3 Å². The highest BCUT2D eigenvalue weighted by Crippen LogP contribution is 2.30. The highest BCUT2D eigenvalue weighted by molar-refractivity contribution is 7.15. The van der Waals surface area contributed by atoms with E-state index in [1.54, 1.807) is 7.11 Å². The van der Waals surface area contributed by atoms with Crippen LogP contribution in [0.4, 0.5) is 5.13 Å². The van der Waals surface area contributed by atoms with Gasteiger partial charge in [-0.3, -0.25) is 0 Å². The van der Waals surface area contributed by atoms with Gasteiger partial charge >= 0.3 is 0 Å². The second kappa shape index (κ2) is 5.16. The van der Waals surface area contributed by atoms with Crippen molar-refractivity contribution in [1.82, 2.24) is 4.98 Å². The Labute approximate surface area is 104 Å². The Hall–Kier alpha value is -1.59. The topological polar surface area (TPSA) is 74.2 Å². The molecule has 0 amide bonds. The van der Waals surface area contributed by atoms with E-state index in [2.05, 4.69) is 4.98 Å². The molecule has 0 saturated carbocycles. The third-order valence-corrected chi connectivity index (χ3v) is 3.39. The molecule has 0 atom stereocenters. The molecule has 0 aliphatic carbocycles. The summed E-state index contributed by atoms with van der Waals surface area (Å²) < 4.78 is 5.13. The normalized spacial score (nSPS) is 10.5. The Morgan fingerprint density at radius 3 is 2.59 bits per heavy atom. The molecule has 0 aliphatic heterocycles. The number of nitrogen functional groups attached to an aromatic ring is 1. The molecule has 0 radical (unpaired) electrons. The monoisotopic (exact) mass is 249 g/mol. The standard InChI is InChI=1S/C12H15N3OS/c1-16-9-4-2-8(3-5-9)11-10(6-7-13)17-12(14)15-11/h2-5H,6-7,13H2,1H3,(H2,14,15). The van der Waals surface area contributed by atoms with Crippen LogP contribution in [0.3, 0.4) is 0 Å². The highest BCUT2D eigenvalue weighted by atomic mass is 32.1. The van der Waals surface area contributed by atoms with Crippen LogP contribution < -0.4 is 16.2 Å². The number of nitrogens with two attached hydrogens (primary N) is 2. The molecular formula is C12H15N3OS. The first-order valence-electron chi connectivity index (χ1n) is 5.34. The van der Waals surface area contributed by atoms with Gasteiger partial charge in [-0.05, 0) is 37.2 Å². The van der Waals surface area contributed by atoms with Gasteiger partial charge in [0.1, 0.15) is 5.75 Å². The molecule has 0 aliphatic rings. The van der Waals surface area contributed by atoms with Crippen LogP contribution in [0.15, 0.2) is 24.3 Å². The number of anilines is 1. The molecule has 17 heavy (non-hydrogen) atoms. The van der Waals surface area contributed by atoms with Crippen LogP contribution >= 0.6 is 11.3 Å². The number of thiazole rings is 1. The van der Waals surface area contributed by atoms with Crippen molar-refractivity contribution in [2.45, 2.75) is 6.42 Å². The minimum Gasteiger partial charge on any atom is -0.497 e. The summed E-state index contributed by atoms with van der Waals surface area (Å²) in [6.07, 6.45) is 0.802. The van der Waals surface area contributed by atoms with Crippen LogP contribution in [-0.2, 0) is 6.42 Å². The zero-order chi connectivity index (χ0) is 12.3. The molecule has 1 aromatic heterocycles. The van der Waals surface area contributed by atoms with E-state index in [4.69, 9.17) is 16.2 Å². The van der Waals surface area contributed by atoms with E-state index in [0.29, 0.717) is 11.7 Å². The maximum Gasteiger partial charge on any atom is 0.180 e. The molecule has 2 rings (SSSR count). The van der Waals surface area contributed by atoms with Crippen LogP contribution in [0.25, 0.3) is 11.3 Å². The van der Waals surface area contributed by atoms with Gasteiger partial charge in [0.15, 0.2) is 5.13 Å². The summed E-state index contributed by atoms with van der Waals surface area (Å²) in [5.41, 5.74) is 13.3. The lowest BCUT2D eigenvalue weighted by atomic mass is 10.1. The second-order valence-electron chi connectivity index (χ2n) is 3.59. The van der Waals surface area contributed by atoms with Gasteiger partial charge in [-0.25, -0.2) is 4.98 Å². The Morgan fingerprint density at radius 2 is 2.00 bits per heavy atom. The van der Waals surface area contributed by atoms with Gasteiger partial charge in [0.25, 0.3) is 0 Å². The Kier molecular flexibility index (Phi) is 3.61. The lowest BCUT2D eigenvalue weighted by Crippen LogP contribution is -2.02. The van der Waals surface area contributed by atoms with E-state index < -0.39 is 0 Å². The fraction of sp³-hybridized carbons (Fsp3) is 0.250. The SMILES string of the molecule is COc1ccc(-c2nc(N)sc2CCN)cc1. The number of aromatic nitrogens is 1. The van der Waals surface area contributed by atoms with Gasteiger partial charge in [0.2, 0.25) is 0 Å². The average Bonchev–Trinajstić information content (AvgIpc) is 2.71. The summed E-state index contributed by atoms with van der Waals surface area (Å²) in [6, 6.07) is 7.79. The third-order valence-electron chi connectivity index (χ3n) is 2.45. The Bertz CT molecular complexity index is 493. The van der Waals surface area contributed by atoms with Crippen LogP contribution in [-0.4, -0.2) is 18.6 Å². The van der Waals surface area contributed by atoms with Crippen LogP contribution in [0.2, 0.25) is 0 Å². The van der Waals surface area contributed by atoms with Crippen LogP contribution in [0, 0.1) is 0 Å². The molecule has 4 N–H and O–H groups in total. The summed E-state index contributed by atoms with van der Waals surface area (Å²) in [4.78, 5) is 5.49. The van der Waals surface area contributed by atoms with Crippen molar-refractivity contribution in [3.05, 3.63) is 29.1 Å². The predicted octanol–water partition coefficient (Wildman–Crippen LogP) is 1.90. The lowest BCUT2D eigenvalue weighted by Gasteiger charge is -2.03. The number of rotatable bonds is 4. The summed E-state index contributed by atoms with van der Waals surface area (Å²) in [7, 11) is 1.65. The Morgan fingerprint density at radius 1 is 1.29 bits per heavy atom. The summed E-state index contributed by atoms with van der Waals surface area (Å²) in [6.45, 7) is 0.602. The lowest BCUT2D eigenvalue weighted by molar-refractivity contribution is 0.415. The van der Waals surface area contributed by atoms with E-state index in [-0.39, 0.29) is 0 Å². The zero-order valence-corrected chi connectivity index (χ0v) is 10.5. The number of methoxy groups -OCH3 is 1. The Balaban J connectivity index is 2.37. The molecular weight excluding hydrogens is 234 g/mol. The molecule has 4 nitrogen and oxygen atoms in total. The van der Waals surface area contributed by atoms with Gasteiger partial charge in [0.05, 0.1) is 12.8 Å². The minimum atomic E-state index is 0.583. The number of hydrogen-bond donors (Lipinski definition) is 2. The van der Waals surface area contributed by atoms with Gasteiger partial charge in [-0.15, -0.1) is 11.3 Å². The molecule has 0 unspecified atom stereocenters. The summed E-state index contributed by atoms with van der Waals surface area (Å²) >= 11 is 1.50. The van der Waals surface area contributed by atoms with Crippen LogP contribution in [0.5, 0.6) is 5.75 Å². The van der Waals surface area contributed by atoms with Crippen molar-refractivity contribution in [3.8, 4) is 17.0 Å². The fourth-order valence-electron chi connectivity index (χ4n) is 1.64. The van der Waals surface area contributed by atoms with Crippen molar-refractivity contribution in [3.63, 3.8) is 0 Å². The summed E-state index contributed by atoms with van der Waals surface area (Å²) in [5.74, 6) is 0.831. The maximum atomic E-state index is 5.75. The minimum absolute atomic E-state index is 0.583. The highest BCUT2D eigenvalue weighted by Gasteiger charge is 2.10. The van der Waals surface area contributed by atoms with Crippen molar-refractivity contribution < 1.29 is 4.74 Å². The van der Waals surface area contributed by atoms with Crippen molar-refractivity contribution in [2.75, 3.05) is 19.4 Å². The molecule has 5 heteroatoms. The van der Waals surface area contributed by atoms with Crippen molar-refractivity contribution in [2.24, 2.45) is 5.73 Å². The predicted molar refractivity (Wildman–Crippen MR) is 71.3 cm³/mol. The van der Waals surface area contributed by atoms with E-state index >= 15 is 0 Å². The number of ether oxygens (including phenoxy) is 1. The van der Waals surface area contributed by atoms with Crippen LogP contribution in [0.1, 0.15) is 4.88 Å². The zero-order valence-electron chi connectivity index (χ0n) is 9.64. The number of benzene rings is 1. The number of nitrogens with zero attached hydrogens (tertiary/aromatic N) is 1. The first kappa shape index (κ1) is 11.9. The average molecular weight is 249 g/mol. The van der Waals surface area contributed by atoms with Gasteiger partial charge in [0, 0.05) is 10.4 Å². The van der Waals surface area contributed by atoms with Gasteiger partial charge in [-0.1, -0.05) is 0 Å². The third kappa shape index (κ3) is 2.57. The molecule has 2 aromatic rings. The largest absolute Gasteiger partial charge is 0.497 e. The van der Waals surface area contributed by atoms with E-state index in [9.17, 15) is 0 Å². The molecule has 1 heterocycles. The summed E-state index contributed by atoms with van der Waals surface area (Å²) in [5, 5.41) is 0.583. The van der Waals surface area contributed by atoms with E-state index in [0.717, 1.165) is 28.3 Å². The van der Waals surface area contributed by atoms with Crippen molar-refractivity contribution >= 4 is 16.5 Å². The van der Waals surface area contributed by atoms with Gasteiger partial charge in [-0.2, -0.15) is 0 Å². The van der Waals surface area contributed by atoms with Crippen molar-refractivity contribution in [1.29, 1.82) is 0 Å². The van der Waals surface area contributed by atoms with Gasteiger partial charge < -0.3 is 16.2 Å². The fourth-order valence-corrected chi connectivity index (χ4v) is 2.51. The van der Waals surface area contributed by atoms with E-state index in [1.807, 2.05) is 24.3 Å². The first-order valence-corrected chi connectivity index (χ1v) is 6.16.